The zero-order valence-corrected chi connectivity index (χ0v) is 28.8. The van der Waals surface area contributed by atoms with Crippen molar-refractivity contribution in [2.75, 3.05) is 26.4 Å². The summed E-state index contributed by atoms with van der Waals surface area (Å²) >= 11 is 0. The largest absolute Gasteiger partial charge is 0.394 e. The first-order valence-corrected chi connectivity index (χ1v) is 16.7. The van der Waals surface area contributed by atoms with Crippen molar-refractivity contribution in [3.63, 3.8) is 0 Å². The van der Waals surface area contributed by atoms with Gasteiger partial charge in [0.05, 0.1) is 26.4 Å². The van der Waals surface area contributed by atoms with Crippen LogP contribution in [-0.2, 0) is 52.2 Å². The van der Waals surface area contributed by atoms with Crippen LogP contribution < -0.4 is 16.4 Å². The molecule has 316 valence electrons. The summed E-state index contributed by atoms with van der Waals surface area (Å²) in [6.07, 6.45) is -25.4. The third-order valence-corrected chi connectivity index (χ3v) is 10.2. The van der Waals surface area contributed by atoms with Gasteiger partial charge in [0.2, 0.25) is 29.3 Å². The highest BCUT2D eigenvalue weighted by Crippen LogP contribution is 2.56. The van der Waals surface area contributed by atoms with Crippen LogP contribution in [0.2, 0.25) is 0 Å². The van der Waals surface area contributed by atoms with Crippen molar-refractivity contribution in [1.82, 2.24) is 10.6 Å². The second-order valence-electron chi connectivity index (χ2n) is 13.9. The molecule has 6 rings (SSSR count). The quantitative estimate of drug-likeness (QED) is 0.101. The van der Waals surface area contributed by atoms with Gasteiger partial charge in [0.1, 0.15) is 73.1 Å². The van der Waals surface area contributed by atoms with Crippen LogP contribution in [-0.4, -0.2) is 225 Å². The van der Waals surface area contributed by atoms with Crippen molar-refractivity contribution in [3.8, 4) is 0 Å². The third kappa shape index (κ3) is 6.36. The first-order chi connectivity index (χ1) is 25.6. The van der Waals surface area contributed by atoms with E-state index >= 15 is 0 Å². The summed E-state index contributed by atoms with van der Waals surface area (Å²) in [5, 5.41) is 143. The van der Waals surface area contributed by atoms with Gasteiger partial charge in [0.25, 0.3) is 0 Å². The highest BCUT2D eigenvalue weighted by molar-refractivity contribution is 5.74. The fourth-order valence-corrected chi connectivity index (χ4v) is 7.54. The van der Waals surface area contributed by atoms with Crippen molar-refractivity contribution in [2.45, 2.75) is 135 Å². The van der Waals surface area contributed by atoms with Gasteiger partial charge in [-0.3, -0.25) is 34.3 Å². The smallest absolute Gasteiger partial charge is 0.319 e. The molecule has 0 saturated carbocycles. The number of nitrogens with two attached hydrogens (primary N) is 1. The number of carbonyl (C=O) groups excluding carboxylic acids is 2. The fraction of sp³-hybridized carbons (Fsp3) is 0.929. The molecule has 0 unspecified atom stereocenters. The lowest BCUT2D eigenvalue weighted by atomic mass is 9.86. The third-order valence-electron chi connectivity index (χ3n) is 10.2. The van der Waals surface area contributed by atoms with Gasteiger partial charge in [-0.15, -0.1) is 0 Å². The van der Waals surface area contributed by atoms with Crippen LogP contribution >= 0.6 is 0 Å². The number of amides is 2. The molecule has 27 nitrogen and oxygen atoms in total. The minimum Gasteiger partial charge on any atom is -0.394 e. The molecule has 2 amide bonds. The van der Waals surface area contributed by atoms with E-state index in [9.17, 15) is 76.0 Å². The summed E-state index contributed by atoms with van der Waals surface area (Å²) in [6, 6.07) is -3.90. The molecule has 4 spiro atoms. The maximum atomic E-state index is 12.4. The summed E-state index contributed by atoms with van der Waals surface area (Å²) < 4.78 is 49.8. The van der Waals surface area contributed by atoms with E-state index in [1.54, 1.807) is 0 Å². The molecule has 6 fully saturated rings. The molecule has 0 aromatic carbocycles. The Morgan fingerprint density at radius 2 is 1.15 bits per heavy atom. The molecule has 16 atom stereocenters. The zero-order valence-electron chi connectivity index (χ0n) is 28.8. The minimum absolute atomic E-state index is 0.826. The Hall–Kier alpha value is -1.98. The topological polar surface area (TPSA) is 430 Å². The van der Waals surface area contributed by atoms with Gasteiger partial charge in [0, 0.05) is 13.8 Å². The maximum absolute atomic E-state index is 12.4. The van der Waals surface area contributed by atoms with Gasteiger partial charge in [-0.2, -0.15) is 0 Å². The molecule has 0 bridgehead atoms. The number of aliphatic hydroxyl groups excluding tert-OH is 11. The fourth-order valence-electron chi connectivity index (χ4n) is 7.54. The predicted octanol–water partition coefficient (Wildman–Crippen LogP) is -11.5. The molecular weight excluding hydrogens is 762 g/mol. The van der Waals surface area contributed by atoms with Crippen molar-refractivity contribution >= 4 is 11.8 Å². The first-order valence-electron chi connectivity index (χ1n) is 16.7. The van der Waals surface area contributed by atoms with Gasteiger partial charge >= 0.3 is 17.9 Å². The van der Waals surface area contributed by atoms with E-state index in [2.05, 4.69) is 10.6 Å². The summed E-state index contributed by atoms with van der Waals surface area (Å²) in [4.78, 5) is 24.3. The highest BCUT2D eigenvalue weighted by atomic mass is 17.0. The molecule has 0 aliphatic carbocycles. The summed E-state index contributed by atoms with van der Waals surface area (Å²) in [7, 11) is 0. The van der Waals surface area contributed by atoms with E-state index in [4.69, 9.17) is 48.4 Å². The van der Waals surface area contributed by atoms with E-state index in [0.717, 1.165) is 13.8 Å². The average molecular weight is 808 g/mol. The molecule has 17 N–H and O–H groups in total. The number of hydrogen-bond donors (Lipinski definition) is 16. The lowest BCUT2D eigenvalue weighted by Crippen LogP contribution is -2.90. The van der Waals surface area contributed by atoms with Gasteiger partial charge in [-0.05, 0) is 0 Å². The molecular formula is C28H45N3O24. The molecule has 0 aromatic rings. The lowest BCUT2D eigenvalue weighted by molar-refractivity contribution is -0.671. The van der Waals surface area contributed by atoms with Crippen molar-refractivity contribution < 1.29 is 119 Å². The number of carbonyl (C=O) groups is 2. The number of ether oxygens (including phenoxy) is 9. The van der Waals surface area contributed by atoms with Crippen LogP contribution in [0.1, 0.15) is 13.8 Å². The summed E-state index contributed by atoms with van der Waals surface area (Å²) in [6.45, 7) is -2.42. The van der Waals surface area contributed by atoms with Crippen molar-refractivity contribution in [3.05, 3.63) is 0 Å². The molecule has 6 aliphatic heterocycles. The van der Waals surface area contributed by atoms with E-state index in [-0.39, 0.29) is 0 Å². The van der Waals surface area contributed by atoms with E-state index in [1.807, 2.05) is 0 Å². The van der Waals surface area contributed by atoms with E-state index in [0.29, 0.717) is 0 Å². The average Bonchev–Trinajstić information content (AvgIpc) is 3.09. The first kappa shape index (κ1) is 42.6. The number of hydrogen-bond acceptors (Lipinski definition) is 25. The molecule has 55 heavy (non-hydrogen) atoms. The number of aliphatic hydroxyl groups is 13. The molecule has 6 aliphatic rings. The standard InChI is InChI=1S/C28H45N3O24/c1-7(36)30-17-15(40)16(10(4-33)49-27(17)52-23(53-27)12(6-35)50-25(29,45)18(21(23)43)31-8(2)37)51-26(46)22(44)24(19(41)11(5-34)47-26)54-28(55-24)20(42)14(39)13(38)9(3-32)48-28/h9-22,32-35,38-46H,3-6,29H2,1-2H3,(H,30,36)(H,31,37)/t9-,10-,11-,12-,13-,14+,15+,16-,17-,18-,19-,20+,21-,22+,23?,24?,25+,26+,27?,28?/m1/s1. The number of rotatable bonds is 8. The monoisotopic (exact) mass is 807 g/mol. The SMILES string of the molecule is CC(=O)N[C@@H]1[C@@H](O)[C@H](O[C@@]2(O)O[C@H](CO)[C@@H](O)C3(OC4(O[C@H](CO)[C@@H](O)[C@H](O)[C@@H]4O)O3)[C@@H]2O)[C@@H](CO)OC12OC1(O2)[C@H](O)[C@@H](NC(C)=O)[C@](N)(O)O[C@@H]1CO. The predicted molar refractivity (Wildman–Crippen MR) is 159 cm³/mol. The molecule has 6 saturated heterocycles. The molecule has 6 heterocycles. The van der Waals surface area contributed by atoms with Crippen LogP contribution in [0, 0.1) is 0 Å². The van der Waals surface area contributed by atoms with Crippen molar-refractivity contribution in [1.29, 1.82) is 0 Å². The Balaban J connectivity index is 1.29. The van der Waals surface area contributed by atoms with E-state index < -0.39 is 159 Å². The highest BCUT2D eigenvalue weighted by Gasteiger charge is 2.81. The van der Waals surface area contributed by atoms with Gasteiger partial charge < -0.3 is 101 Å². The van der Waals surface area contributed by atoms with Crippen LogP contribution in [0.3, 0.4) is 0 Å². The molecule has 0 aromatic heterocycles. The Kier molecular flexibility index (Phi) is 11.1. The van der Waals surface area contributed by atoms with Crippen molar-refractivity contribution in [2.24, 2.45) is 5.73 Å². The minimum atomic E-state index is -3.56. The Morgan fingerprint density at radius 1 is 0.618 bits per heavy atom. The Morgan fingerprint density at radius 3 is 1.67 bits per heavy atom. The van der Waals surface area contributed by atoms with Crippen LogP contribution in [0.25, 0.3) is 0 Å². The van der Waals surface area contributed by atoms with Gasteiger partial charge in [0.15, 0.2) is 12.2 Å². The lowest BCUT2D eigenvalue weighted by Gasteiger charge is -2.67. The normalized spacial score (nSPS) is 54.9. The maximum Gasteiger partial charge on any atom is 0.319 e. The van der Waals surface area contributed by atoms with Gasteiger partial charge in [-0.25, -0.2) is 0 Å². The molecule has 0 radical (unpaired) electrons. The second kappa shape index (κ2) is 14.4. The van der Waals surface area contributed by atoms with Crippen LogP contribution in [0.5, 0.6) is 0 Å². The van der Waals surface area contributed by atoms with Gasteiger partial charge in [-0.1, -0.05) is 0 Å². The zero-order chi connectivity index (χ0) is 40.8. The Bertz CT molecular complexity index is 1440. The summed E-state index contributed by atoms with van der Waals surface area (Å²) in [5.41, 5.74) is 5.72. The van der Waals surface area contributed by atoms with Crippen LogP contribution in [0.4, 0.5) is 0 Å². The second-order valence-corrected chi connectivity index (χ2v) is 13.9. The number of nitrogens with one attached hydrogen (secondary N) is 2. The Labute approximate surface area is 308 Å². The van der Waals surface area contributed by atoms with E-state index in [1.165, 1.54) is 0 Å². The summed E-state index contributed by atoms with van der Waals surface area (Å²) in [5.74, 6) is -19.2. The van der Waals surface area contributed by atoms with Crippen LogP contribution in [0.15, 0.2) is 0 Å². The molecule has 27 heteroatoms.